The minimum Gasteiger partial charge on any atom is -0.103 e. The van der Waals surface area contributed by atoms with E-state index in [4.69, 9.17) is 0 Å². The molecule has 0 saturated heterocycles. The van der Waals surface area contributed by atoms with Crippen LogP contribution in [0.3, 0.4) is 0 Å². The maximum Gasteiger partial charge on any atom is 0.0144 e. The van der Waals surface area contributed by atoms with Gasteiger partial charge in [0.1, 0.15) is 0 Å². The number of hydrogen-bond donors (Lipinski definition) is 0. The van der Waals surface area contributed by atoms with Gasteiger partial charge >= 0.3 is 0 Å². The minimum atomic E-state index is 0.752. The molecule has 0 aromatic carbocycles. The lowest BCUT2D eigenvalue weighted by atomic mass is 10.1. The Morgan fingerprint density at radius 2 is 1.93 bits per heavy atom. The summed E-state index contributed by atoms with van der Waals surface area (Å²) in [5.41, 5.74) is 0. The predicted molar refractivity (Wildman–Crippen MR) is 73.8 cm³/mol. The Morgan fingerprint density at radius 1 is 1.29 bits per heavy atom. The van der Waals surface area contributed by atoms with Gasteiger partial charge in [-0.05, 0) is 25.7 Å². The highest BCUT2D eigenvalue weighted by molar-refractivity contribution is 14.1. The van der Waals surface area contributed by atoms with Crippen molar-refractivity contribution in [2.45, 2.75) is 55.8 Å². The molecule has 1 heteroatoms. The second kappa shape index (κ2) is 11.1. The summed E-state index contributed by atoms with van der Waals surface area (Å²) in [5.74, 6) is 6.46. The Kier molecular flexibility index (Phi) is 11.1. The SMILES string of the molecule is C=CCC(I)CCCC#CCCCC. The third kappa shape index (κ3) is 10.1. The van der Waals surface area contributed by atoms with Gasteiger partial charge in [-0.15, -0.1) is 18.4 Å². The van der Waals surface area contributed by atoms with Gasteiger partial charge < -0.3 is 0 Å². The molecule has 0 aliphatic rings. The average Bonchev–Trinajstić information content (AvgIpc) is 2.17. The molecule has 0 fully saturated rings. The molecule has 0 radical (unpaired) electrons. The van der Waals surface area contributed by atoms with E-state index >= 15 is 0 Å². The standard InChI is InChI=1S/C13H21I/c1-3-5-6-7-8-9-10-12-13(14)11-4-2/h4,13H,2-3,5-6,9-12H2,1H3. The van der Waals surface area contributed by atoms with E-state index in [1.807, 2.05) is 6.08 Å². The van der Waals surface area contributed by atoms with Gasteiger partial charge in [0.25, 0.3) is 0 Å². The van der Waals surface area contributed by atoms with Crippen LogP contribution in [0.4, 0.5) is 0 Å². The number of rotatable bonds is 7. The number of allylic oxidation sites excluding steroid dienone is 1. The van der Waals surface area contributed by atoms with Crippen LogP contribution in [0.2, 0.25) is 0 Å². The lowest BCUT2D eigenvalue weighted by molar-refractivity contribution is 0.735. The summed E-state index contributed by atoms with van der Waals surface area (Å²) in [6.07, 6.45) is 10.3. The van der Waals surface area contributed by atoms with Crippen LogP contribution in [0.5, 0.6) is 0 Å². The molecule has 0 bridgehead atoms. The van der Waals surface area contributed by atoms with Crippen LogP contribution < -0.4 is 0 Å². The monoisotopic (exact) mass is 304 g/mol. The third-order valence-corrected chi connectivity index (χ3v) is 3.15. The zero-order valence-electron chi connectivity index (χ0n) is 9.19. The summed E-state index contributed by atoms with van der Waals surface area (Å²) >= 11 is 2.50. The van der Waals surface area contributed by atoms with Crippen molar-refractivity contribution in [3.8, 4) is 11.8 Å². The first-order valence-electron chi connectivity index (χ1n) is 5.52. The van der Waals surface area contributed by atoms with Crippen LogP contribution >= 0.6 is 22.6 Å². The van der Waals surface area contributed by atoms with Crippen molar-refractivity contribution in [2.75, 3.05) is 0 Å². The van der Waals surface area contributed by atoms with E-state index in [9.17, 15) is 0 Å². The van der Waals surface area contributed by atoms with Crippen molar-refractivity contribution in [1.82, 2.24) is 0 Å². The first-order valence-corrected chi connectivity index (χ1v) is 6.76. The number of hydrogen-bond acceptors (Lipinski definition) is 0. The van der Waals surface area contributed by atoms with Gasteiger partial charge in [-0.25, -0.2) is 0 Å². The molecule has 1 unspecified atom stereocenters. The van der Waals surface area contributed by atoms with Crippen molar-refractivity contribution in [3.05, 3.63) is 12.7 Å². The van der Waals surface area contributed by atoms with Gasteiger partial charge in [-0.1, -0.05) is 42.0 Å². The van der Waals surface area contributed by atoms with Gasteiger partial charge in [0.05, 0.1) is 0 Å². The summed E-state index contributed by atoms with van der Waals surface area (Å²) in [7, 11) is 0. The van der Waals surface area contributed by atoms with E-state index in [0.717, 1.165) is 23.2 Å². The van der Waals surface area contributed by atoms with Crippen molar-refractivity contribution < 1.29 is 0 Å². The zero-order chi connectivity index (χ0) is 10.6. The Hall–Kier alpha value is 0.0300. The quantitative estimate of drug-likeness (QED) is 0.210. The molecule has 0 N–H and O–H groups in total. The highest BCUT2D eigenvalue weighted by Crippen LogP contribution is 2.14. The highest BCUT2D eigenvalue weighted by Gasteiger charge is 1.98. The molecule has 0 nitrogen and oxygen atoms in total. The van der Waals surface area contributed by atoms with E-state index in [1.165, 1.54) is 25.7 Å². The predicted octanol–water partition coefficient (Wildman–Crippen LogP) is 4.73. The summed E-state index contributed by atoms with van der Waals surface area (Å²) in [6.45, 7) is 5.95. The number of alkyl halides is 1. The lowest BCUT2D eigenvalue weighted by Gasteiger charge is -2.03. The fraction of sp³-hybridized carbons (Fsp3) is 0.692. The maximum absolute atomic E-state index is 3.75. The van der Waals surface area contributed by atoms with Gasteiger partial charge in [-0.3, -0.25) is 0 Å². The zero-order valence-corrected chi connectivity index (χ0v) is 11.3. The topological polar surface area (TPSA) is 0 Å². The molecule has 0 heterocycles. The molecule has 0 spiro atoms. The van der Waals surface area contributed by atoms with Crippen LogP contribution in [0.25, 0.3) is 0 Å². The van der Waals surface area contributed by atoms with Gasteiger partial charge in [-0.2, -0.15) is 0 Å². The molecule has 0 aliphatic carbocycles. The molecular formula is C13H21I. The normalized spacial score (nSPS) is 11.6. The lowest BCUT2D eigenvalue weighted by Crippen LogP contribution is -1.94. The Balaban J connectivity index is 3.25. The van der Waals surface area contributed by atoms with Gasteiger partial charge in [0, 0.05) is 16.8 Å². The molecule has 80 valence electrons. The van der Waals surface area contributed by atoms with E-state index in [-0.39, 0.29) is 0 Å². The van der Waals surface area contributed by atoms with Gasteiger partial charge in [0.2, 0.25) is 0 Å². The molecule has 0 aromatic rings. The third-order valence-electron chi connectivity index (χ3n) is 2.02. The molecule has 0 aliphatic heterocycles. The Morgan fingerprint density at radius 3 is 2.50 bits per heavy atom. The first-order chi connectivity index (χ1) is 6.81. The summed E-state index contributed by atoms with van der Waals surface area (Å²) < 4.78 is 0.752. The summed E-state index contributed by atoms with van der Waals surface area (Å²) in [4.78, 5) is 0. The molecule has 0 amide bonds. The van der Waals surface area contributed by atoms with Crippen molar-refractivity contribution in [3.63, 3.8) is 0 Å². The minimum absolute atomic E-state index is 0.752. The van der Waals surface area contributed by atoms with Crippen molar-refractivity contribution >= 4 is 22.6 Å². The van der Waals surface area contributed by atoms with Crippen LogP contribution in [-0.4, -0.2) is 3.92 Å². The second-order valence-electron chi connectivity index (χ2n) is 3.47. The fourth-order valence-corrected chi connectivity index (χ4v) is 1.95. The molecule has 14 heavy (non-hydrogen) atoms. The number of unbranched alkanes of at least 4 members (excludes halogenated alkanes) is 3. The molecule has 0 rings (SSSR count). The average molecular weight is 304 g/mol. The Labute approximate surface area is 103 Å². The van der Waals surface area contributed by atoms with Crippen LogP contribution in [0.15, 0.2) is 12.7 Å². The first kappa shape index (κ1) is 14.0. The van der Waals surface area contributed by atoms with E-state index < -0.39 is 0 Å². The van der Waals surface area contributed by atoms with Crippen LogP contribution in [0.1, 0.15) is 51.9 Å². The van der Waals surface area contributed by atoms with Crippen molar-refractivity contribution in [1.29, 1.82) is 0 Å². The van der Waals surface area contributed by atoms with Crippen molar-refractivity contribution in [2.24, 2.45) is 0 Å². The molecule has 1 atom stereocenters. The maximum atomic E-state index is 3.75. The van der Waals surface area contributed by atoms with Gasteiger partial charge in [0.15, 0.2) is 0 Å². The van der Waals surface area contributed by atoms with Crippen LogP contribution in [-0.2, 0) is 0 Å². The second-order valence-corrected chi connectivity index (χ2v) is 5.23. The Bertz CT molecular complexity index is 185. The summed E-state index contributed by atoms with van der Waals surface area (Å²) in [6, 6.07) is 0. The smallest absolute Gasteiger partial charge is 0.0144 e. The van der Waals surface area contributed by atoms with E-state index in [2.05, 4.69) is 47.9 Å². The fourth-order valence-electron chi connectivity index (χ4n) is 1.15. The summed E-state index contributed by atoms with van der Waals surface area (Å²) in [5, 5.41) is 0. The van der Waals surface area contributed by atoms with Crippen LogP contribution in [0, 0.1) is 11.8 Å². The number of halogens is 1. The van der Waals surface area contributed by atoms with E-state index in [1.54, 1.807) is 0 Å². The van der Waals surface area contributed by atoms with E-state index in [0.29, 0.717) is 0 Å². The highest BCUT2D eigenvalue weighted by atomic mass is 127. The molecule has 0 saturated carbocycles. The molecular weight excluding hydrogens is 283 g/mol. The molecule has 0 aromatic heterocycles. The largest absolute Gasteiger partial charge is 0.103 e.